The normalized spacial score (nSPS) is 10.6. The zero-order chi connectivity index (χ0) is 22.2. The predicted molar refractivity (Wildman–Crippen MR) is 124 cm³/mol. The maximum atomic E-state index is 9.46. The molecule has 0 aliphatic carbocycles. The largest absolute Gasteiger partial charge is 0.496 e. The van der Waals surface area contributed by atoms with Crippen LogP contribution in [0.2, 0.25) is 0 Å². The number of aliphatic hydroxyl groups excluding tert-OH is 1. The molecular formula is C27H25NO4. The number of hydrogen-bond donors (Lipinski definition) is 1. The standard InChI is InChI=1S/C27H25NO4/c1-30-25-16-22(17-29)12-13-23(25)24-14-15-26(31-18-20-8-4-2-5-9-20)28-27(24)32-19-21-10-6-3-7-11-21/h2-16,29H,17-19H2,1H3. The van der Waals surface area contributed by atoms with Crippen LogP contribution in [0, 0.1) is 0 Å². The van der Waals surface area contributed by atoms with E-state index in [1.807, 2.05) is 91.0 Å². The lowest BCUT2D eigenvalue weighted by Crippen LogP contribution is -2.03. The van der Waals surface area contributed by atoms with Gasteiger partial charge in [0.15, 0.2) is 0 Å². The van der Waals surface area contributed by atoms with Gasteiger partial charge in [-0.3, -0.25) is 0 Å². The van der Waals surface area contributed by atoms with E-state index in [1.54, 1.807) is 7.11 Å². The summed E-state index contributed by atoms with van der Waals surface area (Å²) in [4.78, 5) is 4.65. The molecule has 0 atom stereocenters. The zero-order valence-corrected chi connectivity index (χ0v) is 17.9. The monoisotopic (exact) mass is 427 g/mol. The van der Waals surface area contributed by atoms with Gasteiger partial charge in [-0.2, -0.15) is 4.98 Å². The van der Waals surface area contributed by atoms with Crippen molar-refractivity contribution in [2.24, 2.45) is 0 Å². The van der Waals surface area contributed by atoms with Crippen LogP contribution >= 0.6 is 0 Å². The summed E-state index contributed by atoms with van der Waals surface area (Å²) in [5, 5.41) is 9.46. The van der Waals surface area contributed by atoms with Crippen molar-refractivity contribution in [1.29, 1.82) is 0 Å². The molecule has 1 aromatic heterocycles. The van der Waals surface area contributed by atoms with E-state index in [4.69, 9.17) is 14.2 Å². The Hall–Kier alpha value is -3.83. The fourth-order valence-corrected chi connectivity index (χ4v) is 3.33. The molecule has 0 aliphatic rings. The van der Waals surface area contributed by atoms with Gasteiger partial charge in [-0.1, -0.05) is 72.8 Å². The first-order valence-corrected chi connectivity index (χ1v) is 10.4. The molecule has 0 fully saturated rings. The minimum atomic E-state index is -0.0570. The fourth-order valence-electron chi connectivity index (χ4n) is 3.33. The summed E-state index contributed by atoms with van der Waals surface area (Å²) in [6, 6.07) is 29.2. The van der Waals surface area contributed by atoms with Gasteiger partial charge in [-0.25, -0.2) is 0 Å². The number of nitrogens with zero attached hydrogens (tertiary/aromatic N) is 1. The Morgan fingerprint density at radius 3 is 1.94 bits per heavy atom. The number of ether oxygens (including phenoxy) is 3. The van der Waals surface area contributed by atoms with Gasteiger partial charge in [0, 0.05) is 17.2 Å². The summed E-state index contributed by atoms with van der Waals surface area (Å²) in [7, 11) is 1.61. The van der Waals surface area contributed by atoms with E-state index in [2.05, 4.69) is 4.98 Å². The summed E-state index contributed by atoms with van der Waals surface area (Å²) in [5.41, 5.74) is 4.49. The molecule has 4 aromatic rings. The van der Waals surface area contributed by atoms with Gasteiger partial charge >= 0.3 is 0 Å². The van der Waals surface area contributed by atoms with Gasteiger partial charge in [0.1, 0.15) is 19.0 Å². The Morgan fingerprint density at radius 1 is 0.688 bits per heavy atom. The van der Waals surface area contributed by atoms with Crippen LogP contribution in [0.25, 0.3) is 11.1 Å². The van der Waals surface area contributed by atoms with Crippen LogP contribution in [0.5, 0.6) is 17.5 Å². The molecule has 5 heteroatoms. The number of rotatable bonds is 9. The summed E-state index contributed by atoms with van der Waals surface area (Å²) < 4.78 is 17.6. The summed E-state index contributed by atoms with van der Waals surface area (Å²) in [6.45, 7) is 0.734. The van der Waals surface area contributed by atoms with Gasteiger partial charge in [0.25, 0.3) is 0 Å². The Morgan fingerprint density at radius 2 is 1.31 bits per heavy atom. The molecule has 0 aliphatic heterocycles. The van der Waals surface area contributed by atoms with E-state index < -0.39 is 0 Å². The van der Waals surface area contributed by atoms with Crippen molar-refractivity contribution in [2.45, 2.75) is 19.8 Å². The van der Waals surface area contributed by atoms with Gasteiger partial charge < -0.3 is 19.3 Å². The predicted octanol–water partition coefficient (Wildman–Crippen LogP) is 5.41. The van der Waals surface area contributed by atoms with Crippen LogP contribution < -0.4 is 14.2 Å². The maximum absolute atomic E-state index is 9.46. The third kappa shape index (κ3) is 5.25. The van der Waals surface area contributed by atoms with Crippen LogP contribution in [-0.2, 0) is 19.8 Å². The summed E-state index contributed by atoms with van der Waals surface area (Å²) in [5.74, 6) is 1.57. The molecule has 3 aromatic carbocycles. The first kappa shape index (κ1) is 21.4. The van der Waals surface area contributed by atoms with Crippen LogP contribution in [0.15, 0.2) is 91.0 Å². The molecule has 0 radical (unpaired) electrons. The molecule has 0 saturated heterocycles. The Kier molecular flexibility index (Phi) is 7.00. The highest BCUT2D eigenvalue weighted by Crippen LogP contribution is 2.37. The van der Waals surface area contributed by atoms with E-state index in [0.29, 0.717) is 30.7 Å². The average molecular weight is 428 g/mol. The topological polar surface area (TPSA) is 60.8 Å². The van der Waals surface area contributed by atoms with Crippen molar-refractivity contribution >= 4 is 0 Å². The van der Waals surface area contributed by atoms with Crippen molar-refractivity contribution in [3.05, 3.63) is 108 Å². The zero-order valence-electron chi connectivity index (χ0n) is 17.9. The molecule has 0 amide bonds. The Balaban J connectivity index is 1.65. The molecule has 0 bridgehead atoms. The molecule has 0 spiro atoms. The fraction of sp³-hybridized carbons (Fsp3) is 0.148. The van der Waals surface area contributed by atoms with Crippen LogP contribution in [0.1, 0.15) is 16.7 Å². The van der Waals surface area contributed by atoms with E-state index >= 15 is 0 Å². The number of aliphatic hydroxyl groups is 1. The second-order valence-corrected chi connectivity index (χ2v) is 7.24. The highest BCUT2D eigenvalue weighted by molar-refractivity contribution is 5.75. The molecule has 0 saturated carbocycles. The van der Waals surface area contributed by atoms with E-state index in [1.165, 1.54) is 0 Å². The lowest BCUT2D eigenvalue weighted by atomic mass is 10.0. The number of methoxy groups -OCH3 is 1. The Labute approximate surface area is 187 Å². The van der Waals surface area contributed by atoms with Gasteiger partial charge in [0.2, 0.25) is 11.8 Å². The molecule has 5 nitrogen and oxygen atoms in total. The SMILES string of the molecule is COc1cc(CO)ccc1-c1ccc(OCc2ccccc2)nc1OCc1ccccc1. The van der Waals surface area contributed by atoms with E-state index in [0.717, 1.165) is 27.8 Å². The van der Waals surface area contributed by atoms with Crippen molar-refractivity contribution < 1.29 is 19.3 Å². The van der Waals surface area contributed by atoms with Crippen molar-refractivity contribution in [3.8, 4) is 28.6 Å². The Bertz CT molecular complexity index is 1150. The quantitative estimate of drug-likeness (QED) is 0.387. The van der Waals surface area contributed by atoms with Crippen molar-refractivity contribution in [3.63, 3.8) is 0 Å². The number of hydrogen-bond acceptors (Lipinski definition) is 5. The lowest BCUT2D eigenvalue weighted by Gasteiger charge is -2.15. The molecule has 0 unspecified atom stereocenters. The van der Waals surface area contributed by atoms with Gasteiger partial charge in [-0.05, 0) is 28.8 Å². The van der Waals surface area contributed by atoms with Crippen LogP contribution in [0.3, 0.4) is 0 Å². The number of aromatic nitrogens is 1. The van der Waals surface area contributed by atoms with Crippen LogP contribution in [-0.4, -0.2) is 17.2 Å². The molecule has 1 N–H and O–H groups in total. The summed E-state index contributed by atoms with van der Waals surface area (Å²) in [6.07, 6.45) is 0. The van der Waals surface area contributed by atoms with E-state index in [9.17, 15) is 5.11 Å². The average Bonchev–Trinajstić information content (AvgIpc) is 2.87. The second-order valence-electron chi connectivity index (χ2n) is 7.24. The highest BCUT2D eigenvalue weighted by Gasteiger charge is 2.15. The van der Waals surface area contributed by atoms with Gasteiger partial charge in [-0.15, -0.1) is 0 Å². The smallest absolute Gasteiger partial charge is 0.225 e. The minimum absolute atomic E-state index is 0.0570. The second kappa shape index (κ2) is 10.5. The highest BCUT2D eigenvalue weighted by atomic mass is 16.5. The van der Waals surface area contributed by atoms with Crippen molar-refractivity contribution in [1.82, 2.24) is 4.98 Å². The number of pyridine rings is 1. The molecule has 32 heavy (non-hydrogen) atoms. The third-order valence-corrected chi connectivity index (χ3v) is 5.02. The maximum Gasteiger partial charge on any atom is 0.225 e. The molecule has 4 rings (SSSR count). The first-order valence-electron chi connectivity index (χ1n) is 10.4. The molecule has 162 valence electrons. The first-order chi connectivity index (χ1) is 15.8. The lowest BCUT2D eigenvalue weighted by molar-refractivity contribution is 0.268. The number of benzene rings is 3. The molecule has 1 heterocycles. The summed E-state index contributed by atoms with van der Waals surface area (Å²) >= 11 is 0. The third-order valence-electron chi connectivity index (χ3n) is 5.02. The van der Waals surface area contributed by atoms with Crippen molar-refractivity contribution in [2.75, 3.05) is 7.11 Å². The molecular weight excluding hydrogens is 402 g/mol. The minimum Gasteiger partial charge on any atom is -0.496 e. The van der Waals surface area contributed by atoms with Crippen LogP contribution in [0.4, 0.5) is 0 Å². The van der Waals surface area contributed by atoms with Gasteiger partial charge in [0.05, 0.1) is 13.7 Å². The van der Waals surface area contributed by atoms with E-state index in [-0.39, 0.29) is 6.61 Å².